The van der Waals surface area contributed by atoms with Crippen LogP contribution in [0.2, 0.25) is 0 Å². The topological polar surface area (TPSA) is 131 Å². The van der Waals surface area contributed by atoms with Gasteiger partial charge in [0.15, 0.2) is 5.65 Å². The third kappa shape index (κ3) is 7.09. The summed E-state index contributed by atoms with van der Waals surface area (Å²) < 4.78 is 55.6. The van der Waals surface area contributed by atoms with Gasteiger partial charge in [0.25, 0.3) is 6.43 Å². The number of hydrogen-bond donors (Lipinski definition) is 3. The molecule has 0 saturated heterocycles. The second kappa shape index (κ2) is 14.6. The minimum Gasteiger partial charge on any atom is -0.490 e. The number of pyridine rings is 1. The first-order valence-electron chi connectivity index (χ1n) is 15.7. The fourth-order valence-electron chi connectivity index (χ4n) is 5.98. The normalized spacial score (nSPS) is 19.1. The maximum atomic E-state index is 15.6. The third-order valence-electron chi connectivity index (χ3n) is 8.09. The zero-order valence-electron chi connectivity index (χ0n) is 27.2. The molecule has 0 radical (unpaired) electrons. The molecule has 2 aliphatic heterocycles. The van der Waals surface area contributed by atoms with Crippen molar-refractivity contribution in [3.8, 4) is 17.0 Å². The fraction of sp³-hybridized carbons (Fsp3) is 0.412. The molecule has 1 amide bonds. The Labute approximate surface area is 275 Å². The Kier molecular flexibility index (Phi) is 10.5. The van der Waals surface area contributed by atoms with Crippen molar-refractivity contribution in [1.29, 1.82) is 0 Å². The number of anilines is 1. The van der Waals surface area contributed by atoms with Crippen LogP contribution in [0.1, 0.15) is 26.3 Å². The van der Waals surface area contributed by atoms with Crippen molar-refractivity contribution in [2.24, 2.45) is 5.92 Å². The van der Waals surface area contributed by atoms with Crippen LogP contribution in [-0.4, -0.2) is 88.0 Å². The van der Waals surface area contributed by atoms with Crippen LogP contribution in [0, 0.1) is 18.7 Å². The molecular formula is C34H39F3N6O5. The van der Waals surface area contributed by atoms with Gasteiger partial charge in [0.1, 0.15) is 42.8 Å². The van der Waals surface area contributed by atoms with E-state index in [1.165, 1.54) is 22.8 Å². The summed E-state index contributed by atoms with van der Waals surface area (Å²) in [6.45, 7) is 10.6. The molecular weight excluding hydrogens is 629 g/mol. The molecule has 0 fully saturated rings. The standard InChI is InChI=1S/C34H39F3N6O5/c1-6-27(45)38-11-12-39-32-22-14-19(4)29-28-23(35)8-7-9-25(28)47-16-24(44)31(48-17-26(36)37)21-10-13-42(15-18(2)3)20(5)30(21)43(33(22)40-29)34(46)41-32/h6-10,13-14,18,20,24,26,31,44H,1,11-12,15-17H2,2-5H3,(H,38,45)(H,39,41,46)/t20-,24?,31?/m1/s1. The largest absolute Gasteiger partial charge is 0.490 e. The molecule has 2 bridgehead atoms. The van der Waals surface area contributed by atoms with E-state index in [1.54, 1.807) is 25.3 Å². The molecule has 0 spiro atoms. The highest BCUT2D eigenvalue weighted by molar-refractivity contribution is 5.92. The van der Waals surface area contributed by atoms with Gasteiger partial charge in [0.2, 0.25) is 5.91 Å². The van der Waals surface area contributed by atoms with Crippen LogP contribution in [0.15, 0.2) is 59.6 Å². The van der Waals surface area contributed by atoms with Gasteiger partial charge < -0.3 is 30.1 Å². The van der Waals surface area contributed by atoms with Crippen LogP contribution in [-0.2, 0) is 9.53 Å². The quantitative estimate of drug-likeness (QED) is 0.216. The number of aliphatic hydroxyl groups excluding tert-OH is 1. The summed E-state index contributed by atoms with van der Waals surface area (Å²) in [5.41, 5.74) is 0.645. The Morgan fingerprint density at radius 3 is 2.75 bits per heavy atom. The summed E-state index contributed by atoms with van der Waals surface area (Å²) in [5, 5.41) is 17.6. The second-order valence-corrected chi connectivity index (χ2v) is 12.1. The van der Waals surface area contributed by atoms with Gasteiger partial charge in [0, 0.05) is 31.4 Å². The van der Waals surface area contributed by atoms with Gasteiger partial charge >= 0.3 is 5.69 Å². The van der Waals surface area contributed by atoms with E-state index in [-0.39, 0.29) is 59.0 Å². The first-order valence-corrected chi connectivity index (χ1v) is 15.7. The highest BCUT2D eigenvalue weighted by atomic mass is 19.3. The maximum Gasteiger partial charge on any atom is 0.355 e. The van der Waals surface area contributed by atoms with Gasteiger partial charge in [-0.05, 0) is 55.7 Å². The van der Waals surface area contributed by atoms with Crippen molar-refractivity contribution in [2.45, 2.75) is 52.4 Å². The molecule has 0 saturated carbocycles. The van der Waals surface area contributed by atoms with Crippen LogP contribution < -0.4 is 21.1 Å². The summed E-state index contributed by atoms with van der Waals surface area (Å²) in [6.07, 6.45) is -1.16. The van der Waals surface area contributed by atoms with E-state index < -0.39 is 49.4 Å². The lowest BCUT2D eigenvalue weighted by Crippen LogP contribution is -2.44. The molecule has 14 heteroatoms. The molecule has 3 atom stereocenters. The number of aromatic nitrogens is 3. The first kappa shape index (κ1) is 34.6. The molecule has 2 aromatic heterocycles. The molecule has 1 aromatic carbocycles. The van der Waals surface area contributed by atoms with Gasteiger partial charge in [-0.15, -0.1) is 0 Å². The Morgan fingerprint density at radius 1 is 1.27 bits per heavy atom. The van der Waals surface area contributed by atoms with Gasteiger partial charge in [-0.25, -0.2) is 27.5 Å². The van der Waals surface area contributed by atoms with Crippen molar-refractivity contribution in [2.75, 3.05) is 38.2 Å². The van der Waals surface area contributed by atoms with Gasteiger partial charge in [0.05, 0.1) is 28.4 Å². The van der Waals surface area contributed by atoms with E-state index in [0.29, 0.717) is 23.2 Å². The van der Waals surface area contributed by atoms with Crippen molar-refractivity contribution < 1.29 is 32.5 Å². The highest BCUT2D eigenvalue weighted by Crippen LogP contribution is 2.38. The van der Waals surface area contributed by atoms with Crippen molar-refractivity contribution in [3.05, 3.63) is 76.6 Å². The van der Waals surface area contributed by atoms with Gasteiger partial charge in [-0.2, -0.15) is 4.98 Å². The van der Waals surface area contributed by atoms with Gasteiger partial charge in [-0.1, -0.05) is 26.5 Å². The highest BCUT2D eigenvalue weighted by Gasteiger charge is 2.36. The number of nitrogens with one attached hydrogen (secondary N) is 2. The molecule has 11 nitrogen and oxygen atoms in total. The number of alkyl halides is 2. The summed E-state index contributed by atoms with van der Waals surface area (Å²) in [6, 6.07) is 5.37. The fourth-order valence-corrected chi connectivity index (χ4v) is 5.98. The number of carbonyl (C=O) groups excluding carboxylic acids is 1. The number of ether oxygens (including phenoxy) is 2. The third-order valence-corrected chi connectivity index (χ3v) is 8.09. The average molecular weight is 669 g/mol. The van der Waals surface area contributed by atoms with Crippen LogP contribution in [0.25, 0.3) is 28.0 Å². The Morgan fingerprint density at radius 2 is 2.04 bits per heavy atom. The van der Waals surface area contributed by atoms with E-state index >= 15 is 4.39 Å². The lowest BCUT2D eigenvalue weighted by atomic mass is 9.94. The molecule has 4 heterocycles. The summed E-state index contributed by atoms with van der Waals surface area (Å²) in [7, 11) is 0. The molecule has 2 unspecified atom stereocenters. The molecule has 48 heavy (non-hydrogen) atoms. The van der Waals surface area contributed by atoms with Crippen LogP contribution >= 0.6 is 0 Å². The summed E-state index contributed by atoms with van der Waals surface area (Å²) >= 11 is 0. The number of nitrogens with zero attached hydrogens (tertiary/aromatic N) is 4. The SMILES string of the molecule is C=CC(=O)NCCNc1nc(=O)n2c3nc(c(C)cc13)-c1c(F)cccc1OCC(O)C(OCC(F)F)C1=C2[C@@H](C)N(CC(C)C)C=C1. The molecule has 5 rings (SSSR count). The predicted molar refractivity (Wildman–Crippen MR) is 176 cm³/mol. The van der Waals surface area contributed by atoms with E-state index in [4.69, 9.17) is 14.5 Å². The zero-order chi connectivity index (χ0) is 34.7. The maximum absolute atomic E-state index is 15.6. The van der Waals surface area contributed by atoms with Gasteiger partial charge in [-0.3, -0.25) is 4.79 Å². The number of amides is 1. The average Bonchev–Trinajstić information content (AvgIpc) is 3.03. The predicted octanol–water partition coefficient (Wildman–Crippen LogP) is 4.11. The van der Waals surface area contributed by atoms with E-state index in [9.17, 15) is 23.5 Å². The number of halogens is 3. The lowest BCUT2D eigenvalue weighted by molar-refractivity contribution is -0.116. The van der Waals surface area contributed by atoms with E-state index in [1.807, 2.05) is 25.7 Å². The number of fused-ring (bicyclic) bond motifs is 4. The molecule has 256 valence electrons. The monoisotopic (exact) mass is 668 g/mol. The number of hydrogen-bond acceptors (Lipinski definition) is 9. The first-order chi connectivity index (χ1) is 22.9. The second-order valence-electron chi connectivity index (χ2n) is 12.1. The Hall–Kier alpha value is -4.69. The number of benzene rings is 1. The summed E-state index contributed by atoms with van der Waals surface area (Å²) in [5.74, 6) is -0.588. The zero-order valence-corrected chi connectivity index (χ0v) is 27.2. The van der Waals surface area contributed by atoms with Crippen LogP contribution in [0.5, 0.6) is 5.75 Å². The Bertz CT molecular complexity index is 1820. The van der Waals surface area contributed by atoms with E-state index in [2.05, 4.69) is 22.2 Å². The molecule has 0 aliphatic carbocycles. The molecule has 3 N–H and O–H groups in total. The molecule has 2 aliphatic rings. The lowest BCUT2D eigenvalue weighted by Gasteiger charge is -2.38. The van der Waals surface area contributed by atoms with Crippen molar-refractivity contribution >= 4 is 28.5 Å². The number of aryl methyl sites for hydroxylation is 1. The minimum absolute atomic E-state index is 0.000550. The molecule has 3 aromatic rings. The Balaban J connectivity index is 1.83. The minimum atomic E-state index is -2.85. The van der Waals surface area contributed by atoms with Crippen molar-refractivity contribution in [1.82, 2.24) is 24.8 Å². The number of carbonyl (C=O) groups is 1. The van der Waals surface area contributed by atoms with Crippen molar-refractivity contribution in [3.63, 3.8) is 0 Å². The smallest absolute Gasteiger partial charge is 0.355 e. The van der Waals surface area contributed by atoms with Crippen LogP contribution in [0.3, 0.4) is 0 Å². The number of rotatable bonds is 10. The van der Waals surface area contributed by atoms with Crippen LogP contribution in [0.4, 0.5) is 19.0 Å². The van der Waals surface area contributed by atoms with E-state index in [0.717, 1.165) is 6.08 Å². The summed E-state index contributed by atoms with van der Waals surface area (Å²) in [4.78, 5) is 37.1. The number of aliphatic hydroxyl groups is 1.